The second kappa shape index (κ2) is 5.42. The summed E-state index contributed by atoms with van der Waals surface area (Å²) in [4.78, 5) is 12.2. The Morgan fingerprint density at radius 2 is 1.94 bits per heavy atom. The van der Waals surface area contributed by atoms with Crippen LogP contribution >= 0.6 is 11.6 Å². The molecule has 0 aromatic carbocycles. The lowest BCUT2D eigenvalue weighted by atomic mass is 10.4. The molecule has 0 unspecified atom stereocenters. The Bertz CT molecular complexity index is 433. The van der Waals surface area contributed by atoms with Gasteiger partial charge >= 0.3 is 0 Å². The molecule has 2 rings (SSSR count). The van der Waals surface area contributed by atoms with Gasteiger partial charge in [0.2, 0.25) is 0 Å². The zero-order chi connectivity index (χ0) is 11.2. The van der Waals surface area contributed by atoms with Crippen LogP contribution in [0.15, 0.2) is 36.8 Å². The number of rotatable bonds is 4. The minimum Gasteiger partial charge on any atom is -0.484 e. The Labute approximate surface area is 98.3 Å². The number of alkyl halides is 1. The standard InChI is InChI=1S/C11H10ClN3O/c12-6-9-2-3-10(7-15-9)16-8-11-13-4-1-5-14-11/h1-5,7H,6,8H2. The smallest absolute Gasteiger partial charge is 0.166 e. The molecule has 82 valence electrons. The molecule has 0 N–H and O–H groups in total. The van der Waals surface area contributed by atoms with Crippen molar-refractivity contribution in [3.63, 3.8) is 0 Å². The van der Waals surface area contributed by atoms with Gasteiger partial charge < -0.3 is 4.74 Å². The van der Waals surface area contributed by atoms with Crippen molar-refractivity contribution in [1.29, 1.82) is 0 Å². The van der Waals surface area contributed by atoms with E-state index in [2.05, 4.69) is 15.0 Å². The predicted molar refractivity (Wildman–Crippen MR) is 60.2 cm³/mol. The fourth-order valence-electron chi connectivity index (χ4n) is 1.13. The molecule has 0 fully saturated rings. The van der Waals surface area contributed by atoms with E-state index in [-0.39, 0.29) is 0 Å². The molecule has 0 aliphatic carbocycles. The molecule has 2 aromatic heterocycles. The SMILES string of the molecule is ClCc1ccc(OCc2ncccn2)cn1. The van der Waals surface area contributed by atoms with E-state index in [9.17, 15) is 0 Å². The number of hydrogen-bond acceptors (Lipinski definition) is 4. The van der Waals surface area contributed by atoms with Crippen molar-refractivity contribution in [3.05, 3.63) is 48.3 Å². The van der Waals surface area contributed by atoms with Gasteiger partial charge in [-0.2, -0.15) is 0 Å². The van der Waals surface area contributed by atoms with E-state index in [0.717, 1.165) is 5.69 Å². The lowest BCUT2D eigenvalue weighted by Gasteiger charge is -2.04. The van der Waals surface area contributed by atoms with Crippen molar-refractivity contribution >= 4 is 11.6 Å². The van der Waals surface area contributed by atoms with E-state index in [1.807, 2.05) is 12.1 Å². The van der Waals surface area contributed by atoms with Gasteiger partial charge in [-0.05, 0) is 18.2 Å². The summed E-state index contributed by atoms with van der Waals surface area (Å²) in [5.41, 5.74) is 0.824. The van der Waals surface area contributed by atoms with Gasteiger partial charge in [0.1, 0.15) is 12.4 Å². The number of nitrogens with zero attached hydrogens (tertiary/aromatic N) is 3. The average molecular weight is 236 g/mol. The largest absolute Gasteiger partial charge is 0.484 e. The molecular weight excluding hydrogens is 226 g/mol. The van der Waals surface area contributed by atoms with Gasteiger partial charge in [0.05, 0.1) is 17.8 Å². The Morgan fingerprint density at radius 1 is 1.12 bits per heavy atom. The second-order valence-corrected chi connectivity index (χ2v) is 3.34. The maximum atomic E-state index is 5.63. The summed E-state index contributed by atoms with van der Waals surface area (Å²) in [6.45, 7) is 0.336. The van der Waals surface area contributed by atoms with Crippen LogP contribution < -0.4 is 4.74 Å². The maximum absolute atomic E-state index is 5.63. The van der Waals surface area contributed by atoms with Crippen molar-refractivity contribution in [3.8, 4) is 5.75 Å². The fraction of sp³-hybridized carbons (Fsp3) is 0.182. The first kappa shape index (κ1) is 10.8. The lowest BCUT2D eigenvalue weighted by molar-refractivity contribution is 0.294. The fourth-order valence-corrected chi connectivity index (χ4v) is 1.29. The molecule has 0 spiro atoms. The number of halogens is 1. The summed E-state index contributed by atoms with van der Waals surface area (Å²) >= 11 is 5.63. The average Bonchev–Trinajstić information content (AvgIpc) is 2.38. The van der Waals surface area contributed by atoms with Crippen molar-refractivity contribution in [1.82, 2.24) is 15.0 Å². The van der Waals surface area contributed by atoms with Gasteiger partial charge in [0, 0.05) is 12.4 Å². The molecule has 4 nitrogen and oxygen atoms in total. The predicted octanol–water partition coefficient (Wildman–Crippen LogP) is 2.19. The lowest BCUT2D eigenvalue weighted by Crippen LogP contribution is -2.00. The molecular formula is C11H10ClN3O. The third-order valence-electron chi connectivity index (χ3n) is 1.92. The third-order valence-corrected chi connectivity index (χ3v) is 2.20. The van der Waals surface area contributed by atoms with Gasteiger partial charge in [0.25, 0.3) is 0 Å². The topological polar surface area (TPSA) is 47.9 Å². The Morgan fingerprint density at radius 3 is 2.56 bits per heavy atom. The molecule has 2 aromatic rings. The first-order valence-electron chi connectivity index (χ1n) is 4.78. The van der Waals surface area contributed by atoms with Crippen molar-refractivity contribution in [2.75, 3.05) is 0 Å². The van der Waals surface area contributed by atoms with E-state index < -0.39 is 0 Å². The zero-order valence-electron chi connectivity index (χ0n) is 8.51. The summed E-state index contributed by atoms with van der Waals surface area (Å²) in [5, 5.41) is 0. The highest BCUT2D eigenvalue weighted by molar-refractivity contribution is 6.16. The number of ether oxygens (including phenoxy) is 1. The second-order valence-electron chi connectivity index (χ2n) is 3.07. The summed E-state index contributed by atoms with van der Waals surface area (Å²) in [6, 6.07) is 5.42. The van der Waals surface area contributed by atoms with E-state index in [1.165, 1.54) is 0 Å². The quantitative estimate of drug-likeness (QED) is 0.763. The van der Waals surface area contributed by atoms with Crippen molar-refractivity contribution < 1.29 is 4.74 Å². The third kappa shape index (κ3) is 2.90. The van der Waals surface area contributed by atoms with E-state index >= 15 is 0 Å². The van der Waals surface area contributed by atoms with Gasteiger partial charge in [-0.1, -0.05) is 0 Å². The molecule has 0 radical (unpaired) electrons. The van der Waals surface area contributed by atoms with Gasteiger partial charge in [-0.25, -0.2) is 9.97 Å². The van der Waals surface area contributed by atoms with Crippen LogP contribution in [0.25, 0.3) is 0 Å². The van der Waals surface area contributed by atoms with E-state index in [1.54, 1.807) is 24.7 Å². The first-order chi connectivity index (χ1) is 7.88. The minimum atomic E-state index is 0.336. The van der Waals surface area contributed by atoms with Gasteiger partial charge in [0.15, 0.2) is 5.82 Å². The highest BCUT2D eigenvalue weighted by atomic mass is 35.5. The minimum absolute atomic E-state index is 0.336. The van der Waals surface area contributed by atoms with Crippen molar-refractivity contribution in [2.24, 2.45) is 0 Å². The van der Waals surface area contributed by atoms with E-state index in [0.29, 0.717) is 24.1 Å². The van der Waals surface area contributed by atoms with Gasteiger partial charge in [-0.3, -0.25) is 4.98 Å². The first-order valence-corrected chi connectivity index (χ1v) is 5.31. The maximum Gasteiger partial charge on any atom is 0.166 e. The van der Waals surface area contributed by atoms with Crippen LogP contribution in [-0.4, -0.2) is 15.0 Å². The summed E-state index contributed by atoms with van der Waals surface area (Å²) in [6.07, 6.45) is 5.00. The van der Waals surface area contributed by atoms with Crippen LogP contribution in [0.2, 0.25) is 0 Å². The Balaban J connectivity index is 1.94. The van der Waals surface area contributed by atoms with Crippen LogP contribution in [0, 0.1) is 0 Å². The molecule has 2 heterocycles. The normalized spacial score (nSPS) is 10.1. The molecule has 0 bridgehead atoms. The molecule has 5 heteroatoms. The van der Waals surface area contributed by atoms with Crippen LogP contribution in [0.5, 0.6) is 5.75 Å². The van der Waals surface area contributed by atoms with E-state index in [4.69, 9.17) is 16.3 Å². The van der Waals surface area contributed by atoms with Crippen LogP contribution in [0.4, 0.5) is 0 Å². The zero-order valence-corrected chi connectivity index (χ0v) is 9.26. The molecule has 0 atom stereocenters. The monoisotopic (exact) mass is 235 g/mol. The summed E-state index contributed by atoms with van der Waals surface area (Å²) in [5.74, 6) is 1.73. The molecule has 0 saturated heterocycles. The van der Waals surface area contributed by atoms with Gasteiger partial charge in [-0.15, -0.1) is 11.6 Å². The summed E-state index contributed by atoms with van der Waals surface area (Å²) in [7, 11) is 0. The Hall–Kier alpha value is -1.68. The molecule has 0 aliphatic heterocycles. The molecule has 0 saturated carbocycles. The van der Waals surface area contributed by atoms with Crippen molar-refractivity contribution in [2.45, 2.75) is 12.5 Å². The van der Waals surface area contributed by atoms with Crippen LogP contribution in [-0.2, 0) is 12.5 Å². The number of pyridine rings is 1. The van der Waals surface area contributed by atoms with Crippen LogP contribution in [0.1, 0.15) is 11.5 Å². The number of hydrogen-bond donors (Lipinski definition) is 0. The Kier molecular flexibility index (Phi) is 3.66. The summed E-state index contributed by atoms with van der Waals surface area (Å²) < 4.78 is 5.46. The highest BCUT2D eigenvalue weighted by Crippen LogP contribution is 2.11. The highest BCUT2D eigenvalue weighted by Gasteiger charge is 1.98. The van der Waals surface area contributed by atoms with Crippen LogP contribution in [0.3, 0.4) is 0 Å². The molecule has 16 heavy (non-hydrogen) atoms. The molecule has 0 amide bonds. The number of aromatic nitrogens is 3. The molecule has 0 aliphatic rings.